The maximum Gasteiger partial charge on any atom is 0.211 e. The summed E-state index contributed by atoms with van der Waals surface area (Å²) in [7, 11) is 0. The van der Waals surface area contributed by atoms with Gasteiger partial charge < -0.3 is 10.2 Å². The Morgan fingerprint density at radius 3 is 2.64 bits per heavy atom. The molecule has 3 aliphatic rings. The highest BCUT2D eigenvalue weighted by molar-refractivity contribution is 5.96. The number of carbonyl (C=O) groups excluding carboxylic acids is 2. The SMILES string of the molecule is O=CNC1=CC=CC(CN2CCC(CCC(=O)c3ccc4c(c3)CN(Cc3ccc(F)cc3)CCC4)CC2)C1. The first-order chi connectivity index (χ1) is 19.1. The summed E-state index contributed by atoms with van der Waals surface area (Å²) in [5.41, 5.74) is 5.55. The van der Waals surface area contributed by atoms with Crippen molar-refractivity contribution in [1.29, 1.82) is 0 Å². The van der Waals surface area contributed by atoms with Crippen molar-refractivity contribution in [2.24, 2.45) is 11.8 Å². The molecule has 1 unspecified atom stereocenters. The Bertz CT molecular complexity index is 1200. The summed E-state index contributed by atoms with van der Waals surface area (Å²) in [6.45, 7) is 5.79. The van der Waals surface area contributed by atoms with Crippen LogP contribution in [-0.4, -0.2) is 48.2 Å². The first-order valence-corrected chi connectivity index (χ1v) is 14.5. The summed E-state index contributed by atoms with van der Waals surface area (Å²) in [5, 5.41) is 2.80. The molecule has 2 aromatic rings. The van der Waals surface area contributed by atoms with Gasteiger partial charge in [0.25, 0.3) is 0 Å². The lowest BCUT2D eigenvalue weighted by molar-refractivity contribution is -0.109. The average Bonchev–Trinajstić information content (AvgIpc) is 3.15. The van der Waals surface area contributed by atoms with Crippen LogP contribution in [0, 0.1) is 17.7 Å². The molecular weight excluding hydrogens is 489 g/mol. The van der Waals surface area contributed by atoms with E-state index >= 15 is 0 Å². The van der Waals surface area contributed by atoms with E-state index in [0.29, 0.717) is 18.3 Å². The molecule has 206 valence electrons. The van der Waals surface area contributed by atoms with Gasteiger partial charge in [-0.2, -0.15) is 0 Å². The Morgan fingerprint density at radius 2 is 1.85 bits per heavy atom. The van der Waals surface area contributed by atoms with Crippen LogP contribution in [0.4, 0.5) is 4.39 Å². The van der Waals surface area contributed by atoms with Gasteiger partial charge in [0, 0.05) is 37.3 Å². The van der Waals surface area contributed by atoms with E-state index in [1.807, 2.05) is 30.4 Å². The van der Waals surface area contributed by atoms with E-state index in [0.717, 1.165) is 101 Å². The number of aryl methyl sites for hydroxylation is 1. The van der Waals surface area contributed by atoms with E-state index in [-0.39, 0.29) is 11.6 Å². The van der Waals surface area contributed by atoms with Gasteiger partial charge in [0.05, 0.1) is 0 Å². The lowest BCUT2D eigenvalue weighted by atomic mass is 9.89. The molecule has 2 aromatic carbocycles. The fourth-order valence-electron chi connectivity index (χ4n) is 6.31. The molecule has 5 nitrogen and oxygen atoms in total. The molecule has 1 atom stereocenters. The van der Waals surface area contributed by atoms with Crippen LogP contribution < -0.4 is 5.32 Å². The van der Waals surface area contributed by atoms with Crippen LogP contribution in [-0.2, 0) is 24.3 Å². The Balaban J connectivity index is 1.08. The number of carbonyl (C=O) groups is 2. The summed E-state index contributed by atoms with van der Waals surface area (Å²) in [5.74, 6) is 1.09. The second-order valence-corrected chi connectivity index (χ2v) is 11.4. The molecule has 0 saturated carbocycles. The molecule has 1 amide bonds. The molecule has 1 fully saturated rings. The van der Waals surface area contributed by atoms with Crippen molar-refractivity contribution in [3.05, 3.63) is 94.5 Å². The van der Waals surface area contributed by atoms with E-state index in [1.54, 1.807) is 0 Å². The average molecular weight is 530 g/mol. The molecule has 6 heteroatoms. The van der Waals surface area contributed by atoms with Gasteiger partial charge in [-0.1, -0.05) is 36.4 Å². The third-order valence-corrected chi connectivity index (χ3v) is 8.55. The number of benzene rings is 2. The topological polar surface area (TPSA) is 52.7 Å². The molecule has 39 heavy (non-hydrogen) atoms. The molecule has 2 aliphatic heterocycles. The highest BCUT2D eigenvalue weighted by Gasteiger charge is 2.23. The first kappa shape index (κ1) is 27.5. The number of hydrogen-bond donors (Lipinski definition) is 1. The highest BCUT2D eigenvalue weighted by atomic mass is 19.1. The molecule has 1 aliphatic carbocycles. The van der Waals surface area contributed by atoms with Crippen molar-refractivity contribution in [3.8, 4) is 0 Å². The predicted molar refractivity (Wildman–Crippen MR) is 153 cm³/mol. The lowest BCUT2D eigenvalue weighted by Gasteiger charge is -2.34. The van der Waals surface area contributed by atoms with E-state index in [4.69, 9.17) is 0 Å². The number of likely N-dealkylation sites (tertiary alicyclic amines) is 1. The Labute approximate surface area is 231 Å². The molecule has 1 saturated heterocycles. The van der Waals surface area contributed by atoms with Crippen molar-refractivity contribution >= 4 is 12.2 Å². The maximum absolute atomic E-state index is 13.3. The number of nitrogens with zero attached hydrogens (tertiary/aromatic N) is 2. The summed E-state index contributed by atoms with van der Waals surface area (Å²) in [6, 6.07) is 13.1. The van der Waals surface area contributed by atoms with E-state index in [9.17, 15) is 14.0 Å². The van der Waals surface area contributed by atoms with Crippen molar-refractivity contribution in [2.75, 3.05) is 26.2 Å². The molecule has 1 N–H and O–H groups in total. The minimum atomic E-state index is -0.202. The zero-order valence-electron chi connectivity index (χ0n) is 22.8. The number of Topliss-reactive ketones (excluding diaryl/α,β-unsaturated/α-hetero) is 1. The van der Waals surface area contributed by atoms with Gasteiger partial charge in [0.15, 0.2) is 5.78 Å². The first-order valence-electron chi connectivity index (χ1n) is 14.5. The third-order valence-electron chi connectivity index (χ3n) is 8.55. The van der Waals surface area contributed by atoms with Gasteiger partial charge in [-0.3, -0.25) is 14.5 Å². The van der Waals surface area contributed by atoms with Crippen LogP contribution in [0.5, 0.6) is 0 Å². The number of allylic oxidation sites excluding steroid dienone is 3. The lowest BCUT2D eigenvalue weighted by Crippen LogP contribution is -2.37. The fourth-order valence-corrected chi connectivity index (χ4v) is 6.31. The molecular formula is C33H40FN3O2. The third kappa shape index (κ3) is 7.74. The number of nitrogens with one attached hydrogen (secondary N) is 1. The largest absolute Gasteiger partial charge is 0.332 e. The maximum atomic E-state index is 13.3. The van der Waals surface area contributed by atoms with Crippen LogP contribution >= 0.6 is 0 Å². The van der Waals surface area contributed by atoms with E-state index in [1.165, 1.54) is 23.3 Å². The minimum absolute atomic E-state index is 0.202. The highest BCUT2D eigenvalue weighted by Crippen LogP contribution is 2.27. The van der Waals surface area contributed by atoms with Gasteiger partial charge in [-0.15, -0.1) is 0 Å². The van der Waals surface area contributed by atoms with E-state index < -0.39 is 0 Å². The number of fused-ring (bicyclic) bond motifs is 1. The van der Waals surface area contributed by atoms with E-state index in [2.05, 4.69) is 33.3 Å². The van der Waals surface area contributed by atoms with Gasteiger partial charge >= 0.3 is 0 Å². The van der Waals surface area contributed by atoms with Crippen molar-refractivity contribution in [2.45, 2.75) is 58.0 Å². The second kappa shape index (κ2) is 13.3. The quantitative estimate of drug-likeness (QED) is 0.319. The number of ketones is 1. The molecule has 0 spiro atoms. The Hall–Kier alpha value is -3.09. The molecule has 5 rings (SSSR count). The number of amides is 1. The zero-order chi connectivity index (χ0) is 27.0. The molecule has 0 bridgehead atoms. The zero-order valence-corrected chi connectivity index (χ0v) is 22.8. The predicted octanol–water partition coefficient (Wildman–Crippen LogP) is 5.66. The number of piperidine rings is 1. The molecule has 2 heterocycles. The smallest absolute Gasteiger partial charge is 0.211 e. The summed E-state index contributed by atoms with van der Waals surface area (Å²) < 4.78 is 13.3. The Morgan fingerprint density at radius 1 is 1.03 bits per heavy atom. The normalized spacial score (nSPS) is 20.6. The van der Waals surface area contributed by atoms with Gasteiger partial charge in [-0.25, -0.2) is 4.39 Å². The monoisotopic (exact) mass is 529 g/mol. The van der Waals surface area contributed by atoms with Gasteiger partial charge in [-0.05, 0) is 111 Å². The number of halogens is 1. The molecule has 0 aromatic heterocycles. The van der Waals surface area contributed by atoms with Crippen LogP contribution in [0.3, 0.4) is 0 Å². The second-order valence-electron chi connectivity index (χ2n) is 11.4. The van der Waals surface area contributed by atoms with Gasteiger partial charge in [0.1, 0.15) is 5.82 Å². The minimum Gasteiger partial charge on any atom is -0.332 e. The van der Waals surface area contributed by atoms with Crippen LogP contribution in [0.15, 0.2) is 66.4 Å². The molecule has 0 radical (unpaired) electrons. The van der Waals surface area contributed by atoms with Crippen molar-refractivity contribution < 1.29 is 14.0 Å². The van der Waals surface area contributed by atoms with Crippen LogP contribution in [0.1, 0.15) is 65.6 Å². The summed E-state index contributed by atoms with van der Waals surface area (Å²) >= 11 is 0. The standard InChI is InChI=1S/C33H40FN3O2/c34-31-11-6-26(7-12-31)21-37-16-2-4-28-9-10-29(20-30(28)23-37)33(39)13-8-25-14-17-36(18-15-25)22-27-3-1-5-32(19-27)35-24-38/h1,3,5-7,9-12,20,24-25,27H,2,4,8,13-19,21-23H2,(H,35,38). The van der Waals surface area contributed by atoms with Crippen molar-refractivity contribution in [1.82, 2.24) is 15.1 Å². The van der Waals surface area contributed by atoms with Gasteiger partial charge in [0.2, 0.25) is 6.41 Å². The Kier molecular flexibility index (Phi) is 9.38. The summed E-state index contributed by atoms with van der Waals surface area (Å²) in [4.78, 5) is 28.8. The number of rotatable bonds is 10. The van der Waals surface area contributed by atoms with Crippen LogP contribution in [0.2, 0.25) is 0 Å². The van der Waals surface area contributed by atoms with Crippen LogP contribution in [0.25, 0.3) is 0 Å². The van der Waals surface area contributed by atoms with Crippen molar-refractivity contribution in [3.63, 3.8) is 0 Å². The number of hydrogen-bond acceptors (Lipinski definition) is 4. The fraction of sp³-hybridized carbons (Fsp3) is 0.455. The summed E-state index contributed by atoms with van der Waals surface area (Å²) in [6.07, 6.45) is 13.9.